The van der Waals surface area contributed by atoms with Crippen LogP contribution in [0.2, 0.25) is 0 Å². The number of carbonyl (C=O) groups is 1. The minimum Gasteiger partial charge on any atom is -0.497 e. The van der Waals surface area contributed by atoms with Gasteiger partial charge in [-0.25, -0.2) is 0 Å². The predicted molar refractivity (Wildman–Crippen MR) is 132 cm³/mol. The van der Waals surface area contributed by atoms with Crippen molar-refractivity contribution in [3.63, 3.8) is 0 Å². The van der Waals surface area contributed by atoms with Crippen LogP contribution >= 0.6 is 0 Å². The van der Waals surface area contributed by atoms with Crippen molar-refractivity contribution in [2.24, 2.45) is 0 Å². The Kier molecular flexibility index (Phi) is 6.12. The number of benzene rings is 3. The molecule has 1 amide bonds. The Labute approximate surface area is 198 Å². The molecule has 2 N–H and O–H groups in total. The van der Waals surface area contributed by atoms with Gasteiger partial charge < -0.3 is 24.5 Å². The summed E-state index contributed by atoms with van der Waals surface area (Å²) in [4.78, 5) is 16.6. The first-order valence-electron chi connectivity index (χ1n) is 11.5. The Morgan fingerprint density at radius 1 is 1.09 bits per heavy atom. The first-order valence-corrected chi connectivity index (χ1v) is 11.5. The van der Waals surface area contributed by atoms with E-state index in [1.54, 1.807) is 7.11 Å². The molecule has 1 atom stereocenters. The summed E-state index contributed by atoms with van der Waals surface area (Å²) in [5.74, 6) is 2.09. The number of hydrogen-bond acceptors (Lipinski definition) is 4. The fraction of sp³-hybridized carbons (Fsp3) is 0.250. The van der Waals surface area contributed by atoms with Crippen LogP contribution in [0, 0.1) is 0 Å². The van der Waals surface area contributed by atoms with Crippen molar-refractivity contribution >= 4 is 16.8 Å². The van der Waals surface area contributed by atoms with Crippen LogP contribution in [0.1, 0.15) is 41.5 Å². The average molecular weight is 457 g/mol. The van der Waals surface area contributed by atoms with Crippen molar-refractivity contribution < 1.29 is 19.0 Å². The second-order valence-corrected chi connectivity index (χ2v) is 8.43. The number of ether oxygens (including phenoxy) is 3. The van der Waals surface area contributed by atoms with Crippen molar-refractivity contribution in [3.8, 4) is 17.2 Å². The Bertz CT molecular complexity index is 1330. The zero-order chi connectivity index (χ0) is 23.5. The molecule has 1 aromatic heterocycles. The molecule has 0 unspecified atom stereocenters. The largest absolute Gasteiger partial charge is 0.497 e. The summed E-state index contributed by atoms with van der Waals surface area (Å²) in [6, 6.07) is 20.0. The van der Waals surface area contributed by atoms with Crippen molar-refractivity contribution in [2.45, 2.75) is 32.2 Å². The molecule has 6 heteroatoms. The third-order valence-corrected chi connectivity index (χ3v) is 6.40. The maximum Gasteiger partial charge on any atom is 0.231 e. The summed E-state index contributed by atoms with van der Waals surface area (Å²) in [5.41, 5.74) is 5.52. The van der Waals surface area contributed by atoms with Gasteiger partial charge in [0, 0.05) is 36.0 Å². The van der Waals surface area contributed by atoms with Crippen LogP contribution in [-0.2, 0) is 17.8 Å². The second kappa shape index (κ2) is 9.51. The minimum absolute atomic E-state index is 0.0218. The molecule has 174 valence electrons. The van der Waals surface area contributed by atoms with Crippen molar-refractivity contribution in [3.05, 3.63) is 89.1 Å². The van der Waals surface area contributed by atoms with E-state index in [1.807, 2.05) is 42.6 Å². The zero-order valence-electron chi connectivity index (χ0n) is 19.4. The highest BCUT2D eigenvalue weighted by Gasteiger charge is 2.23. The van der Waals surface area contributed by atoms with E-state index < -0.39 is 0 Å². The van der Waals surface area contributed by atoms with Crippen LogP contribution in [0.5, 0.6) is 17.2 Å². The topological polar surface area (TPSA) is 72.6 Å². The molecule has 0 saturated heterocycles. The molecule has 5 rings (SSSR count). The van der Waals surface area contributed by atoms with E-state index in [-0.39, 0.29) is 18.6 Å². The van der Waals surface area contributed by atoms with Gasteiger partial charge in [0.2, 0.25) is 12.7 Å². The molecule has 6 nitrogen and oxygen atoms in total. The highest BCUT2D eigenvalue weighted by molar-refractivity contribution is 5.88. The Hall–Kier alpha value is -3.93. The summed E-state index contributed by atoms with van der Waals surface area (Å²) in [6.45, 7) is 2.81. The lowest BCUT2D eigenvalue weighted by Gasteiger charge is -2.18. The number of methoxy groups -OCH3 is 1. The van der Waals surface area contributed by atoms with Gasteiger partial charge in [0.15, 0.2) is 11.5 Å². The van der Waals surface area contributed by atoms with Crippen LogP contribution < -0.4 is 19.5 Å². The molecular formula is C28H28N2O4. The van der Waals surface area contributed by atoms with E-state index >= 15 is 0 Å². The number of para-hydroxylation sites is 1. The Morgan fingerprint density at radius 2 is 1.94 bits per heavy atom. The van der Waals surface area contributed by atoms with Crippen molar-refractivity contribution in [2.75, 3.05) is 13.9 Å². The highest BCUT2D eigenvalue weighted by atomic mass is 16.7. The summed E-state index contributed by atoms with van der Waals surface area (Å²) in [7, 11) is 1.66. The second-order valence-electron chi connectivity index (χ2n) is 8.43. The fourth-order valence-electron chi connectivity index (χ4n) is 4.60. The van der Waals surface area contributed by atoms with Gasteiger partial charge in [-0.2, -0.15) is 0 Å². The highest BCUT2D eigenvalue weighted by Crippen LogP contribution is 2.36. The van der Waals surface area contributed by atoms with E-state index in [9.17, 15) is 4.79 Å². The van der Waals surface area contributed by atoms with Crippen LogP contribution in [-0.4, -0.2) is 24.8 Å². The normalized spacial score (nSPS) is 13.1. The Morgan fingerprint density at radius 3 is 2.79 bits per heavy atom. The number of rotatable bonds is 8. The lowest BCUT2D eigenvalue weighted by Crippen LogP contribution is -2.25. The maximum absolute atomic E-state index is 13.1. The maximum atomic E-state index is 13.1. The monoisotopic (exact) mass is 456 g/mol. The molecule has 0 bridgehead atoms. The molecule has 3 aromatic carbocycles. The van der Waals surface area contributed by atoms with E-state index in [0.29, 0.717) is 18.7 Å². The van der Waals surface area contributed by atoms with Gasteiger partial charge in [-0.1, -0.05) is 43.3 Å². The fourth-order valence-corrected chi connectivity index (χ4v) is 4.60. The van der Waals surface area contributed by atoms with Crippen LogP contribution in [0.15, 0.2) is 66.9 Å². The molecule has 1 aliphatic heterocycles. The first kappa shape index (κ1) is 21.9. The predicted octanol–water partition coefficient (Wildman–Crippen LogP) is 5.31. The molecule has 0 spiro atoms. The number of aromatic amines is 1. The SMILES string of the molecule is CCc1cccc2c([C@H](CC(=O)NCc3ccc4c(c3)OCO4)c3cccc(OC)c3)c[nH]c12. The molecule has 1 aliphatic rings. The third-order valence-electron chi connectivity index (χ3n) is 6.40. The van der Waals surface area contributed by atoms with Crippen LogP contribution in [0.4, 0.5) is 0 Å². The Balaban J connectivity index is 1.41. The molecule has 34 heavy (non-hydrogen) atoms. The third kappa shape index (κ3) is 4.31. The quantitative estimate of drug-likeness (QED) is 0.377. The number of H-pyrrole nitrogens is 1. The van der Waals surface area contributed by atoms with Crippen LogP contribution in [0.3, 0.4) is 0 Å². The summed E-state index contributed by atoms with van der Waals surface area (Å²) in [5, 5.41) is 4.22. The molecule has 2 heterocycles. The van der Waals surface area contributed by atoms with Crippen molar-refractivity contribution in [1.82, 2.24) is 10.3 Å². The number of aryl methyl sites for hydroxylation is 1. The first-order chi connectivity index (χ1) is 16.7. The number of nitrogens with one attached hydrogen (secondary N) is 2. The zero-order valence-corrected chi connectivity index (χ0v) is 19.4. The van der Waals surface area contributed by atoms with Gasteiger partial charge in [0.25, 0.3) is 0 Å². The molecule has 4 aromatic rings. The van der Waals surface area contributed by atoms with Crippen molar-refractivity contribution in [1.29, 1.82) is 0 Å². The van der Waals surface area contributed by atoms with Gasteiger partial charge in [-0.3, -0.25) is 4.79 Å². The smallest absolute Gasteiger partial charge is 0.231 e. The van der Waals surface area contributed by atoms with E-state index in [0.717, 1.165) is 45.5 Å². The summed E-state index contributed by atoms with van der Waals surface area (Å²) >= 11 is 0. The number of amides is 1. The molecule has 0 fully saturated rings. The van der Waals surface area contributed by atoms with E-state index in [4.69, 9.17) is 14.2 Å². The number of aromatic nitrogens is 1. The lowest BCUT2D eigenvalue weighted by molar-refractivity contribution is -0.121. The average Bonchev–Trinajstić information content (AvgIpc) is 3.52. The van der Waals surface area contributed by atoms with Gasteiger partial charge >= 0.3 is 0 Å². The summed E-state index contributed by atoms with van der Waals surface area (Å²) < 4.78 is 16.3. The van der Waals surface area contributed by atoms with Crippen LogP contribution in [0.25, 0.3) is 10.9 Å². The molecular weight excluding hydrogens is 428 g/mol. The molecule has 0 saturated carbocycles. The minimum atomic E-state index is -0.118. The van der Waals surface area contributed by atoms with Gasteiger partial charge in [0.05, 0.1) is 7.11 Å². The van der Waals surface area contributed by atoms with E-state index in [1.165, 1.54) is 5.56 Å². The number of fused-ring (bicyclic) bond motifs is 2. The summed E-state index contributed by atoms with van der Waals surface area (Å²) in [6.07, 6.45) is 3.30. The standard InChI is InChI=1S/C28H28N2O4/c1-3-19-6-5-9-22-24(16-30-28(19)22)23(20-7-4-8-21(13-20)32-2)14-27(31)29-15-18-10-11-25-26(12-18)34-17-33-25/h4-13,16,23,30H,3,14-15,17H2,1-2H3,(H,29,31)/t23-/m1/s1. The van der Waals surface area contributed by atoms with Gasteiger partial charge in [0.1, 0.15) is 5.75 Å². The number of carbonyl (C=O) groups excluding carboxylic acids is 1. The molecule has 0 radical (unpaired) electrons. The van der Waals surface area contributed by atoms with Gasteiger partial charge in [-0.15, -0.1) is 0 Å². The molecule has 0 aliphatic carbocycles. The van der Waals surface area contributed by atoms with E-state index in [2.05, 4.69) is 41.5 Å². The lowest BCUT2D eigenvalue weighted by atomic mass is 9.87. The van der Waals surface area contributed by atoms with Gasteiger partial charge in [-0.05, 0) is 52.9 Å². The number of hydrogen-bond donors (Lipinski definition) is 2.